The van der Waals surface area contributed by atoms with E-state index in [0.29, 0.717) is 41.0 Å². The molecule has 8 heteroatoms. The number of fused-ring (bicyclic) bond motifs is 1. The third-order valence-corrected chi connectivity index (χ3v) is 7.58. The maximum absolute atomic E-state index is 13.6. The van der Waals surface area contributed by atoms with Crippen LogP contribution in [0.3, 0.4) is 0 Å². The fourth-order valence-corrected chi connectivity index (χ4v) is 5.70. The number of hydrogen-bond acceptors (Lipinski definition) is 7. The molecule has 5 rings (SSSR count). The highest BCUT2D eigenvalue weighted by molar-refractivity contribution is 7.22. The van der Waals surface area contributed by atoms with Crippen LogP contribution < -0.4 is 14.4 Å². The Hall–Kier alpha value is -4.17. The summed E-state index contributed by atoms with van der Waals surface area (Å²) in [5.74, 6) is -0.474. The average molecular weight is 543 g/mol. The summed E-state index contributed by atoms with van der Waals surface area (Å²) >= 11 is 1.34. The van der Waals surface area contributed by atoms with Crippen molar-refractivity contribution in [2.75, 3.05) is 18.1 Å². The lowest BCUT2D eigenvalue weighted by Gasteiger charge is -2.23. The van der Waals surface area contributed by atoms with Crippen molar-refractivity contribution in [3.8, 4) is 11.5 Å². The number of aromatic nitrogens is 1. The van der Waals surface area contributed by atoms with Crippen LogP contribution in [0, 0.1) is 6.92 Å². The molecule has 1 N–H and O–H groups in total. The number of benzene rings is 3. The number of carbonyl (C=O) groups excluding carboxylic acids is 2. The number of thiazole rings is 1. The zero-order valence-electron chi connectivity index (χ0n) is 22.1. The Kier molecular flexibility index (Phi) is 7.65. The molecule has 0 bridgehead atoms. The van der Waals surface area contributed by atoms with Crippen LogP contribution in [0.1, 0.15) is 49.4 Å². The highest BCUT2D eigenvalue weighted by Gasteiger charge is 2.48. The quantitative estimate of drug-likeness (QED) is 0.108. The zero-order valence-corrected chi connectivity index (χ0v) is 23.0. The summed E-state index contributed by atoms with van der Waals surface area (Å²) < 4.78 is 12.3. The molecule has 0 radical (unpaired) electrons. The molecule has 1 aliphatic rings. The lowest BCUT2D eigenvalue weighted by molar-refractivity contribution is -0.132. The molecular formula is C31H30N2O5S. The number of ketones is 1. The number of anilines is 1. The molecule has 1 aromatic heterocycles. The van der Waals surface area contributed by atoms with Crippen LogP contribution in [-0.4, -0.2) is 35.0 Å². The van der Waals surface area contributed by atoms with Gasteiger partial charge in [-0.3, -0.25) is 14.5 Å². The Bertz CT molecular complexity index is 1560. The smallest absolute Gasteiger partial charge is 0.301 e. The highest BCUT2D eigenvalue weighted by atomic mass is 32.1. The van der Waals surface area contributed by atoms with Crippen molar-refractivity contribution in [3.05, 3.63) is 89.0 Å². The topological polar surface area (TPSA) is 89.0 Å². The van der Waals surface area contributed by atoms with Crippen LogP contribution in [0.15, 0.2) is 72.3 Å². The molecule has 2 heterocycles. The minimum atomic E-state index is -0.882. The van der Waals surface area contributed by atoms with Gasteiger partial charge in [0.15, 0.2) is 5.13 Å². The fourth-order valence-electron chi connectivity index (χ4n) is 4.61. The van der Waals surface area contributed by atoms with Gasteiger partial charge in [0.1, 0.15) is 17.3 Å². The summed E-state index contributed by atoms with van der Waals surface area (Å²) in [5, 5.41) is 11.8. The van der Waals surface area contributed by atoms with Crippen molar-refractivity contribution < 1.29 is 24.2 Å². The van der Waals surface area contributed by atoms with Crippen LogP contribution in [0.25, 0.3) is 16.0 Å². The number of rotatable bonds is 9. The molecule has 0 aliphatic carbocycles. The second kappa shape index (κ2) is 11.3. The minimum Gasteiger partial charge on any atom is -0.507 e. The molecule has 1 amide bonds. The summed E-state index contributed by atoms with van der Waals surface area (Å²) in [6, 6.07) is 19.1. The lowest BCUT2D eigenvalue weighted by atomic mass is 9.95. The van der Waals surface area contributed by atoms with Crippen molar-refractivity contribution in [1.82, 2.24) is 4.98 Å². The molecular weight excluding hydrogens is 512 g/mol. The van der Waals surface area contributed by atoms with Crippen LogP contribution in [0.5, 0.6) is 11.5 Å². The van der Waals surface area contributed by atoms with Crippen molar-refractivity contribution in [2.24, 2.45) is 0 Å². The Labute approximate surface area is 231 Å². The molecule has 39 heavy (non-hydrogen) atoms. The number of Topliss-reactive ketones (excluding diaryl/α,β-unsaturated/α-hetero) is 1. The molecule has 1 saturated heterocycles. The average Bonchev–Trinajstić information content (AvgIpc) is 3.46. The van der Waals surface area contributed by atoms with Crippen LogP contribution >= 0.6 is 11.3 Å². The van der Waals surface area contributed by atoms with E-state index in [1.165, 1.54) is 16.2 Å². The van der Waals surface area contributed by atoms with Gasteiger partial charge in [0, 0.05) is 5.56 Å². The minimum absolute atomic E-state index is 0.00491. The van der Waals surface area contributed by atoms with Gasteiger partial charge < -0.3 is 14.6 Å². The van der Waals surface area contributed by atoms with Crippen molar-refractivity contribution >= 4 is 44.1 Å². The number of carbonyl (C=O) groups is 2. The molecule has 7 nitrogen and oxygen atoms in total. The number of aliphatic hydroxyl groups excluding tert-OH is 1. The van der Waals surface area contributed by atoms with E-state index in [4.69, 9.17) is 14.5 Å². The van der Waals surface area contributed by atoms with Gasteiger partial charge in [0.2, 0.25) is 0 Å². The van der Waals surface area contributed by atoms with E-state index in [1.54, 1.807) is 24.3 Å². The van der Waals surface area contributed by atoms with E-state index in [1.807, 2.05) is 56.3 Å². The van der Waals surface area contributed by atoms with Crippen LogP contribution in [-0.2, 0) is 9.59 Å². The van der Waals surface area contributed by atoms with Crippen LogP contribution in [0.4, 0.5) is 5.13 Å². The molecule has 3 aromatic carbocycles. The molecule has 4 aromatic rings. The molecule has 1 aliphatic heterocycles. The van der Waals surface area contributed by atoms with E-state index in [2.05, 4.69) is 6.92 Å². The van der Waals surface area contributed by atoms with Crippen molar-refractivity contribution in [1.29, 1.82) is 0 Å². The lowest BCUT2D eigenvalue weighted by Crippen LogP contribution is -2.29. The number of ether oxygens (including phenoxy) is 2. The SMILES string of the molecule is CCCCOc1cccc(C2C(=C(O)c3ccc(OCC)cc3)C(=O)C(=O)N2c2nc3ccc(C)cc3s2)c1. The maximum atomic E-state index is 13.6. The van der Waals surface area contributed by atoms with Crippen LogP contribution in [0.2, 0.25) is 0 Å². The molecule has 1 fully saturated rings. The predicted octanol–water partition coefficient (Wildman–Crippen LogP) is 6.81. The van der Waals surface area contributed by atoms with E-state index >= 15 is 0 Å². The first-order valence-electron chi connectivity index (χ1n) is 13.1. The summed E-state index contributed by atoms with van der Waals surface area (Å²) in [5.41, 5.74) is 2.88. The third-order valence-electron chi connectivity index (χ3n) is 6.56. The number of amides is 1. The van der Waals surface area contributed by atoms with Gasteiger partial charge in [0.05, 0.1) is 35.0 Å². The monoisotopic (exact) mass is 542 g/mol. The van der Waals surface area contributed by atoms with Crippen molar-refractivity contribution in [2.45, 2.75) is 39.7 Å². The number of nitrogens with zero attached hydrogens (tertiary/aromatic N) is 2. The van der Waals surface area contributed by atoms with Gasteiger partial charge in [-0.25, -0.2) is 4.98 Å². The van der Waals surface area contributed by atoms with E-state index in [9.17, 15) is 14.7 Å². The first kappa shape index (κ1) is 26.4. The number of hydrogen-bond donors (Lipinski definition) is 1. The first-order chi connectivity index (χ1) is 18.9. The van der Waals surface area contributed by atoms with Gasteiger partial charge in [0.25, 0.3) is 5.78 Å². The Balaban J connectivity index is 1.65. The summed E-state index contributed by atoms with van der Waals surface area (Å²) in [7, 11) is 0. The van der Waals surface area contributed by atoms with E-state index in [-0.39, 0.29) is 11.3 Å². The Morgan fingerprint density at radius 2 is 1.79 bits per heavy atom. The molecule has 200 valence electrons. The molecule has 0 spiro atoms. The maximum Gasteiger partial charge on any atom is 0.301 e. The fraction of sp³-hybridized carbons (Fsp3) is 0.258. The number of unbranched alkanes of at least 4 members (excludes halogenated alkanes) is 1. The second-order valence-corrected chi connectivity index (χ2v) is 10.4. The number of aryl methyl sites for hydroxylation is 1. The summed E-state index contributed by atoms with van der Waals surface area (Å²) in [6.45, 7) is 7.04. The zero-order chi connectivity index (χ0) is 27.5. The molecule has 1 unspecified atom stereocenters. The van der Waals surface area contributed by atoms with Gasteiger partial charge in [-0.05, 0) is 79.9 Å². The Morgan fingerprint density at radius 3 is 2.54 bits per heavy atom. The van der Waals surface area contributed by atoms with E-state index < -0.39 is 17.7 Å². The van der Waals surface area contributed by atoms with Crippen molar-refractivity contribution in [3.63, 3.8) is 0 Å². The van der Waals surface area contributed by atoms with Gasteiger partial charge in [-0.2, -0.15) is 0 Å². The third kappa shape index (κ3) is 5.25. The van der Waals surface area contributed by atoms with Gasteiger partial charge >= 0.3 is 5.91 Å². The highest BCUT2D eigenvalue weighted by Crippen LogP contribution is 2.45. The molecule has 1 atom stereocenters. The van der Waals surface area contributed by atoms with Gasteiger partial charge in [-0.1, -0.05) is 42.9 Å². The molecule has 0 saturated carbocycles. The van der Waals surface area contributed by atoms with Gasteiger partial charge in [-0.15, -0.1) is 0 Å². The first-order valence-corrected chi connectivity index (χ1v) is 13.9. The Morgan fingerprint density at radius 1 is 1.00 bits per heavy atom. The standard InChI is InChI=1S/C31H30N2O5S/c1-4-6-16-38-23-9-7-8-21(18-23)27-26(28(34)20-11-13-22(14-12-20)37-5-2)29(35)30(36)33(27)31-32-24-15-10-19(3)17-25(24)39-31/h7-15,17-18,27,34H,4-6,16H2,1-3H3. The normalized spacial score (nSPS) is 16.7. The summed E-state index contributed by atoms with van der Waals surface area (Å²) in [6.07, 6.45) is 1.91. The summed E-state index contributed by atoms with van der Waals surface area (Å²) in [4.78, 5) is 33.2. The number of aliphatic hydroxyl groups is 1. The second-order valence-electron chi connectivity index (χ2n) is 9.37. The van der Waals surface area contributed by atoms with E-state index in [0.717, 1.165) is 28.6 Å². The predicted molar refractivity (Wildman–Crippen MR) is 154 cm³/mol. The largest absolute Gasteiger partial charge is 0.507 e.